The van der Waals surface area contributed by atoms with E-state index in [4.69, 9.17) is 14.2 Å². The van der Waals surface area contributed by atoms with Gasteiger partial charge in [-0.3, -0.25) is 4.79 Å². The lowest BCUT2D eigenvalue weighted by Gasteiger charge is -2.27. The third kappa shape index (κ3) is 2.74. The number of fused-ring (bicyclic) bond motifs is 4. The zero-order chi connectivity index (χ0) is 20.9. The van der Waals surface area contributed by atoms with Crippen molar-refractivity contribution in [2.45, 2.75) is 5.92 Å². The lowest BCUT2D eigenvalue weighted by atomic mass is 9.87. The van der Waals surface area contributed by atoms with Crippen molar-refractivity contribution in [2.75, 3.05) is 6.79 Å². The number of benzene rings is 3. The molecule has 0 radical (unpaired) electrons. The summed E-state index contributed by atoms with van der Waals surface area (Å²) >= 11 is 0. The van der Waals surface area contributed by atoms with Crippen molar-refractivity contribution in [2.24, 2.45) is 7.05 Å². The van der Waals surface area contributed by atoms with E-state index in [1.807, 2.05) is 78.9 Å². The summed E-state index contributed by atoms with van der Waals surface area (Å²) in [5.74, 6) is 2.47. The van der Waals surface area contributed by atoms with Crippen LogP contribution in [-0.2, 0) is 7.05 Å². The van der Waals surface area contributed by atoms with Crippen LogP contribution in [0.3, 0.4) is 0 Å². The van der Waals surface area contributed by atoms with E-state index in [9.17, 15) is 4.79 Å². The summed E-state index contributed by atoms with van der Waals surface area (Å²) in [5, 5.41) is 0.909. The molecule has 3 heterocycles. The number of aryl methyl sites for hydroxylation is 1. The lowest BCUT2D eigenvalue weighted by Crippen LogP contribution is -2.27. The molecule has 0 unspecified atom stereocenters. The summed E-state index contributed by atoms with van der Waals surface area (Å²) in [4.78, 5) is 13.5. The quantitative estimate of drug-likeness (QED) is 0.476. The molecule has 0 bridgehead atoms. The Bertz CT molecular complexity index is 1420. The standard InChI is InChI=1S/C26H19NO4/c1-27-20-10-6-5-9-18(20)25-24(26(27)28)19(14-22(31-25)16-7-3-2-4-8-16)17-11-12-21-23(13-17)30-15-29-21/h2-14,19H,15H2,1H3/t19-/m0/s1. The summed E-state index contributed by atoms with van der Waals surface area (Å²) in [5.41, 5.74) is 3.31. The van der Waals surface area contributed by atoms with E-state index in [0.717, 1.165) is 33.5 Å². The molecule has 0 amide bonds. The minimum atomic E-state index is -0.281. The van der Waals surface area contributed by atoms with E-state index in [0.29, 0.717) is 17.1 Å². The second-order valence-corrected chi connectivity index (χ2v) is 7.71. The molecule has 0 N–H and O–H groups in total. The smallest absolute Gasteiger partial charge is 0.258 e. The molecule has 0 saturated heterocycles. The van der Waals surface area contributed by atoms with Gasteiger partial charge in [-0.1, -0.05) is 48.5 Å². The van der Waals surface area contributed by atoms with Gasteiger partial charge in [0, 0.05) is 23.9 Å². The molecule has 5 nitrogen and oxygen atoms in total. The zero-order valence-electron chi connectivity index (χ0n) is 16.9. The molecule has 5 heteroatoms. The van der Waals surface area contributed by atoms with Crippen LogP contribution in [0.4, 0.5) is 0 Å². The molecule has 6 rings (SSSR count). The number of aromatic nitrogens is 1. The Morgan fingerprint density at radius 1 is 0.903 bits per heavy atom. The molecule has 2 aliphatic rings. The van der Waals surface area contributed by atoms with Gasteiger partial charge in [-0.15, -0.1) is 0 Å². The van der Waals surface area contributed by atoms with Crippen molar-refractivity contribution in [3.63, 3.8) is 0 Å². The average Bonchev–Trinajstić information content (AvgIpc) is 3.30. The monoisotopic (exact) mass is 409 g/mol. The minimum Gasteiger partial charge on any atom is -0.456 e. The van der Waals surface area contributed by atoms with E-state index in [1.165, 1.54) is 0 Å². The Hall–Kier alpha value is -3.99. The largest absolute Gasteiger partial charge is 0.456 e. The maximum atomic E-state index is 13.5. The van der Waals surface area contributed by atoms with Crippen LogP contribution in [-0.4, -0.2) is 11.4 Å². The fraction of sp³-hybridized carbons (Fsp3) is 0.115. The van der Waals surface area contributed by atoms with E-state index in [1.54, 1.807) is 11.6 Å². The van der Waals surface area contributed by atoms with Crippen LogP contribution in [0.25, 0.3) is 16.7 Å². The van der Waals surface area contributed by atoms with Crippen molar-refractivity contribution >= 4 is 16.7 Å². The molecule has 31 heavy (non-hydrogen) atoms. The van der Waals surface area contributed by atoms with Gasteiger partial charge in [0.05, 0.1) is 11.1 Å². The van der Waals surface area contributed by atoms with Gasteiger partial charge in [0.25, 0.3) is 5.56 Å². The fourth-order valence-electron chi connectivity index (χ4n) is 4.38. The molecule has 4 aromatic rings. The van der Waals surface area contributed by atoms with Gasteiger partial charge in [0.2, 0.25) is 6.79 Å². The van der Waals surface area contributed by atoms with Crippen LogP contribution < -0.4 is 19.8 Å². The van der Waals surface area contributed by atoms with Gasteiger partial charge in [-0.25, -0.2) is 0 Å². The highest BCUT2D eigenvalue weighted by molar-refractivity contribution is 5.89. The van der Waals surface area contributed by atoms with Gasteiger partial charge >= 0.3 is 0 Å². The molecule has 0 aliphatic carbocycles. The Kier molecular flexibility index (Phi) is 3.90. The number of hydrogen-bond acceptors (Lipinski definition) is 4. The first-order valence-corrected chi connectivity index (χ1v) is 10.2. The second kappa shape index (κ2) is 6.77. The Labute approximate surface area is 178 Å². The van der Waals surface area contributed by atoms with Crippen molar-refractivity contribution in [1.82, 2.24) is 4.57 Å². The molecule has 1 aromatic heterocycles. The third-order valence-electron chi connectivity index (χ3n) is 5.94. The maximum Gasteiger partial charge on any atom is 0.258 e. The summed E-state index contributed by atoms with van der Waals surface area (Å²) in [6.07, 6.45) is 2.02. The summed E-state index contributed by atoms with van der Waals surface area (Å²) < 4.78 is 19.2. The molecule has 2 aliphatic heterocycles. The molecular weight excluding hydrogens is 390 g/mol. The molecule has 1 atom stereocenters. The topological polar surface area (TPSA) is 49.7 Å². The van der Waals surface area contributed by atoms with Gasteiger partial charge in [0.1, 0.15) is 11.5 Å². The van der Waals surface area contributed by atoms with Gasteiger partial charge in [-0.2, -0.15) is 0 Å². The highest BCUT2D eigenvalue weighted by Gasteiger charge is 2.31. The van der Waals surface area contributed by atoms with E-state index in [2.05, 4.69) is 0 Å². The van der Waals surface area contributed by atoms with E-state index >= 15 is 0 Å². The molecular formula is C26H19NO4. The minimum absolute atomic E-state index is 0.0697. The van der Waals surface area contributed by atoms with Crippen molar-refractivity contribution in [3.8, 4) is 17.2 Å². The van der Waals surface area contributed by atoms with Gasteiger partial charge in [-0.05, 0) is 35.9 Å². The van der Waals surface area contributed by atoms with Crippen LogP contribution in [0.1, 0.15) is 22.6 Å². The molecule has 0 spiro atoms. The second-order valence-electron chi connectivity index (χ2n) is 7.71. The fourth-order valence-corrected chi connectivity index (χ4v) is 4.38. The SMILES string of the molecule is Cn1c(=O)c2c(c3ccccc31)OC(c1ccccc1)=C[C@H]2c1ccc2c(c1)OCO2. The van der Waals surface area contributed by atoms with Crippen molar-refractivity contribution in [1.29, 1.82) is 0 Å². The average molecular weight is 409 g/mol. The Balaban J connectivity index is 1.64. The molecule has 3 aromatic carbocycles. The van der Waals surface area contributed by atoms with Gasteiger partial charge in [0.15, 0.2) is 11.5 Å². The number of hydrogen-bond donors (Lipinski definition) is 0. The summed E-state index contributed by atoms with van der Waals surface area (Å²) in [6.45, 7) is 0.209. The Morgan fingerprint density at radius 3 is 2.55 bits per heavy atom. The van der Waals surface area contributed by atoms with Crippen molar-refractivity contribution < 1.29 is 14.2 Å². The van der Waals surface area contributed by atoms with E-state index in [-0.39, 0.29) is 18.3 Å². The number of rotatable bonds is 2. The van der Waals surface area contributed by atoms with Crippen LogP contribution >= 0.6 is 0 Å². The van der Waals surface area contributed by atoms with Crippen LogP contribution in [0.15, 0.2) is 83.7 Å². The van der Waals surface area contributed by atoms with Crippen LogP contribution in [0.5, 0.6) is 17.2 Å². The van der Waals surface area contributed by atoms with Crippen LogP contribution in [0.2, 0.25) is 0 Å². The predicted octanol–water partition coefficient (Wildman–Crippen LogP) is 4.83. The zero-order valence-corrected chi connectivity index (χ0v) is 16.9. The van der Waals surface area contributed by atoms with Crippen molar-refractivity contribution in [3.05, 3.63) is 106 Å². The lowest BCUT2D eigenvalue weighted by molar-refractivity contribution is 0.174. The van der Waals surface area contributed by atoms with E-state index < -0.39 is 0 Å². The molecule has 0 fully saturated rings. The maximum absolute atomic E-state index is 13.5. The van der Waals surface area contributed by atoms with Crippen LogP contribution in [0, 0.1) is 0 Å². The molecule has 152 valence electrons. The number of ether oxygens (including phenoxy) is 3. The highest BCUT2D eigenvalue weighted by Crippen LogP contribution is 2.44. The number of pyridine rings is 1. The molecule has 0 saturated carbocycles. The normalized spacial score (nSPS) is 16.5. The number of nitrogens with zero attached hydrogens (tertiary/aromatic N) is 1. The first kappa shape index (κ1) is 17.8. The van der Waals surface area contributed by atoms with Gasteiger partial charge < -0.3 is 18.8 Å². The Morgan fingerprint density at radius 2 is 1.68 bits per heavy atom. The first-order chi connectivity index (χ1) is 15.2. The number of para-hydroxylation sites is 1. The highest BCUT2D eigenvalue weighted by atomic mass is 16.7. The third-order valence-corrected chi connectivity index (χ3v) is 5.94. The number of allylic oxidation sites excluding steroid dienone is 1. The summed E-state index contributed by atoms with van der Waals surface area (Å²) in [6, 6.07) is 23.6. The first-order valence-electron chi connectivity index (χ1n) is 10.2. The summed E-state index contributed by atoms with van der Waals surface area (Å²) in [7, 11) is 1.80. The predicted molar refractivity (Wildman–Crippen MR) is 119 cm³/mol.